The van der Waals surface area contributed by atoms with E-state index in [0.29, 0.717) is 18.7 Å². The number of carboxylic acid groups (broad SMARTS) is 1. The van der Waals surface area contributed by atoms with Gasteiger partial charge in [-0.05, 0) is 31.2 Å². The van der Waals surface area contributed by atoms with Crippen LogP contribution >= 0.6 is 0 Å². The maximum absolute atomic E-state index is 11.8. The number of rotatable bonds is 6. The van der Waals surface area contributed by atoms with Gasteiger partial charge in [0.05, 0.1) is 11.4 Å². The van der Waals surface area contributed by atoms with Crippen molar-refractivity contribution < 1.29 is 23.1 Å². The molecular weight excluding hydrogens is 310 g/mol. The Labute approximate surface area is 128 Å². The first kappa shape index (κ1) is 16.2. The summed E-state index contributed by atoms with van der Waals surface area (Å²) < 4.78 is 25.9. The number of amides is 1. The van der Waals surface area contributed by atoms with Gasteiger partial charge in [-0.3, -0.25) is 9.59 Å². The molecule has 0 fully saturated rings. The van der Waals surface area contributed by atoms with Crippen molar-refractivity contribution in [2.75, 3.05) is 31.6 Å². The molecule has 1 aliphatic rings. The Balaban J connectivity index is 2.15. The molecule has 1 aromatic rings. The molecule has 0 unspecified atom stereocenters. The molecule has 0 bridgehead atoms. The number of carbonyl (C=O) groups excluding carboxylic acids is 1. The average molecular weight is 327 g/mol. The van der Waals surface area contributed by atoms with E-state index >= 15 is 0 Å². The van der Waals surface area contributed by atoms with Crippen LogP contribution in [0.15, 0.2) is 23.1 Å². The maximum Gasteiger partial charge on any atom is 0.322 e. The third-order valence-electron chi connectivity index (χ3n) is 3.40. The Kier molecular flexibility index (Phi) is 4.67. The predicted octanol–water partition coefficient (Wildman–Crippen LogP) is -0.842. The second-order valence-electron chi connectivity index (χ2n) is 4.84. The number of carboxylic acids is 1. The number of nitrogens with zero attached hydrogens (tertiary/aromatic N) is 1. The molecule has 120 valence electrons. The van der Waals surface area contributed by atoms with Crippen LogP contribution in [0.3, 0.4) is 0 Å². The molecule has 9 heteroatoms. The summed E-state index contributed by atoms with van der Waals surface area (Å²) in [5, 5.41) is 10.8. The van der Waals surface area contributed by atoms with Gasteiger partial charge in [0, 0.05) is 12.2 Å². The SMILES string of the molecule is CNS(=O)(=O)c1ccc2c(c1)N(CC(=O)NCC(=O)O)CC2. The topological polar surface area (TPSA) is 116 Å². The molecule has 0 aromatic heterocycles. The summed E-state index contributed by atoms with van der Waals surface area (Å²) in [6.07, 6.45) is 0.710. The second-order valence-corrected chi connectivity index (χ2v) is 6.73. The minimum atomic E-state index is -3.55. The standard InChI is InChI=1S/C13H17N3O5S/c1-14-22(20,21)10-3-2-9-4-5-16(11(9)6-10)8-12(17)15-7-13(18)19/h2-3,6,14H,4-5,7-8H2,1H3,(H,15,17)(H,18,19). The largest absolute Gasteiger partial charge is 0.480 e. The van der Waals surface area contributed by atoms with Crippen molar-refractivity contribution >= 4 is 27.6 Å². The lowest BCUT2D eigenvalue weighted by atomic mass is 10.2. The van der Waals surface area contributed by atoms with E-state index in [4.69, 9.17) is 5.11 Å². The number of hydrogen-bond acceptors (Lipinski definition) is 5. The maximum atomic E-state index is 11.8. The minimum absolute atomic E-state index is 0.0106. The Morgan fingerprint density at radius 3 is 2.73 bits per heavy atom. The van der Waals surface area contributed by atoms with E-state index < -0.39 is 28.4 Å². The summed E-state index contributed by atoms with van der Waals surface area (Å²) in [6, 6.07) is 4.78. The van der Waals surface area contributed by atoms with E-state index in [1.54, 1.807) is 11.0 Å². The third kappa shape index (κ3) is 3.55. The van der Waals surface area contributed by atoms with Gasteiger partial charge in [-0.2, -0.15) is 0 Å². The lowest BCUT2D eigenvalue weighted by Gasteiger charge is -2.19. The number of fused-ring (bicyclic) bond motifs is 1. The van der Waals surface area contributed by atoms with Crippen LogP contribution in [-0.2, 0) is 26.0 Å². The summed E-state index contributed by atoms with van der Waals surface area (Å²) in [5.74, 6) is -1.53. The van der Waals surface area contributed by atoms with E-state index in [1.807, 2.05) is 0 Å². The van der Waals surface area contributed by atoms with Gasteiger partial charge in [0.25, 0.3) is 0 Å². The van der Waals surface area contributed by atoms with Crippen molar-refractivity contribution in [3.8, 4) is 0 Å². The van der Waals surface area contributed by atoms with Gasteiger partial charge >= 0.3 is 5.97 Å². The van der Waals surface area contributed by atoms with Gasteiger partial charge in [-0.15, -0.1) is 0 Å². The molecule has 1 aliphatic heterocycles. The van der Waals surface area contributed by atoms with Gasteiger partial charge in [0.15, 0.2) is 0 Å². The monoisotopic (exact) mass is 327 g/mol. The molecule has 0 saturated heterocycles. The fourth-order valence-electron chi connectivity index (χ4n) is 2.28. The fourth-order valence-corrected chi connectivity index (χ4v) is 3.03. The number of hydrogen-bond donors (Lipinski definition) is 3. The van der Waals surface area contributed by atoms with Crippen LogP contribution < -0.4 is 14.9 Å². The first-order valence-electron chi connectivity index (χ1n) is 6.63. The lowest BCUT2D eigenvalue weighted by molar-refractivity contribution is -0.137. The first-order chi connectivity index (χ1) is 10.3. The summed E-state index contributed by atoms with van der Waals surface area (Å²) in [4.78, 5) is 24.0. The van der Waals surface area contributed by atoms with E-state index in [-0.39, 0.29) is 11.4 Å². The molecule has 0 saturated carbocycles. The van der Waals surface area contributed by atoms with Gasteiger partial charge in [0.2, 0.25) is 15.9 Å². The van der Waals surface area contributed by atoms with Crippen LogP contribution in [0.1, 0.15) is 5.56 Å². The zero-order chi connectivity index (χ0) is 16.3. The van der Waals surface area contributed by atoms with Gasteiger partial charge < -0.3 is 15.3 Å². The number of sulfonamides is 1. The third-order valence-corrected chi connectivity index (χ3v) is 4.81. The number of benzene rings is 1. The fraction of sp³-hybridized carbons (Fsp3) is 0.385. The highest BCUT2D eigenvalue weighted by molar-refractivity contribution is 7.89. The molecule has 3 N–H and O–H groups in total. The zero-order valence-corrected chi connectivity index (χ0v) is 12.8. The number of nitrogens with one attached hydrogen (secondary N) is 2. The Morgan fingerprint density at radius 1 is 1.36 bits per heavy atom. The quantitative estimate of drug-likeness (QED) is 0.627. The van der Waals surface area contributed by atoms with Crippen LogP contribution in [0.25, 0.3) is 0 Å². The molecule has 0 atom stereocenters. The first-order valence-corrected chi connectivity index (χ1v) is 8.11. The van der Waals surface area contributed by atoms with Crippen molar-refractivity contribution in [3.05, 3.63) is 23.8 Å². The number of aliphatic carboxylic acids is 1. The van der Waals surface area contributed by atoms with E-state index in [1.165, 1.54) is 19.2 Å². The summed E-state index contributed by atoms with van der Waals surface area (Å²) in [6.45, 7) is 0.135. The van der Waals surface area contributed by atoms with Crippen molar-refractivity contribution in [2.45, 2.75) is 11.3 Å². The molecule has 1 aromatic carbocycles. The molecule has 1 amide bonds. The van der Waals surface area contributed by atoms with Gasteiger partial charge in [-0.1, -0.05) is 6.07 Å². The van der Waals surface area contributed by atoms with Crippen LogP contribution in [-0.4, -0.2) is 52.1 Å². The minimum Gasteiger partial charge on any atom is -0.480 e. The highest BCUT2D eigenvalue weighted by Crippen LogP contribution is 2.30. The molecule has 0 aliphatic carbocycles. The van der Waals surface area contributed by atoms with Crippen molar-refractivity contribution in [1.29, 1.82) is 0 Å². The molecule has 0 radical (unpaired) electrons. The number of anilines is 1. The molecule has 22 heavy (non-hydrogen) atoms. The molecule has 1 heterocycles. The van der Waals surface area contributed by atoms with Gasteiger partial charge in [-0.25, -0.2) is 13.1 Å². The summed E-state index contributed by atoms with van der Waals surface area (Å²) in [5.41, 5.74) is 1.64. The number of carbonyl (C=O) groups is 2. The van der Waals surface area contributed by atoms with Crippen molar-refractivity contribution in [3.63, 3.8) is 0 Å². The molecule has 2 rings (SSSR count). The lowest BCUT2D eigenvalue weighted by Crippen LogP contribution is -2.38. The van der Waals surface area contributed by atoms with E-state index in [2.05, 4.69) is 10.0 Å². The normalized spacial score (nSPS) is 13.8. The smallest absolute Gasteiger partial charge is 0.322 e. The Bertz CT molecular complexity index is 702. The van der Waals surface area contributed by atoms with Crippen LogP contribution in [0, 0.1) is 0 Å². The Morgan fingerprint density at radius 2 is 2.09 bits per heavy atom. The van der Waals surface area contributed by atoms with E-state index in [9.17, 15) is 18.0 Å². The van der Waals surface area contributed by atoms with E-state index in [0.717, 1.165) is 5.56 Å². The predicted molar refractivity (Wildman–Crippen MR) is 79.3 cm³/mol. The molecule has 0 spiro atoms. The van der Waals surface area contributed by atoms with Crippen LogP contribution in [0.4, 0.5) is 5.69 Å². The average Bonchev–Trinajstić information content (AvgIpc) is 2.87. The summed E-state index contributed by atoms with van der Waals surface area (Å²) >= 11 is 0. The zero-order valence-electron chi connectivity index (χ0n) is 12.0. The Hall–Kier alpha value is -2.13. The molecular formula is C13H17N3O5S. The molecule has 8 nitrogen and oxygen atoms in total. The summed E-state index contributed by atoms with van der Waals surface area (Å²) in [7, 11) is -2.22. The highest BCUT2D eigenvalue weighted by Gasteiger charge is 2.23. The second kappa shape index (κ2) is 6.32. The van der Waals surface area contributed by atoms with Gasteiger partial charge in [0.1, 0.15) is 6.54 Å². The van der Waals surface area contributed by atoms with Crippen molar-refractivity contribution in [1.82, 2.24) is 10.0 Å². The van der Waals surface area contributed by atoms with Crippen molar-refractivity contribution in [2.24, 2.45) is 0 Å². The van der Waals surface area contributed by atoms with Crippen LogP contribution in [0.2, 0.25) is 0 Å². The highest BCUT2D eigenvalue weighted by atomic mass is 32.2. The van der Waals surface area contributed by atoms with Crippen LogP contribution in [0.5, 0.6) is 0 Å².